The first-order valence-electron chi connectivity index (χ1n) is 9.87. The lowest BCUT2D eigenvalue weighted by molar-refractivity contribution is 0.121. The molecule has 1 aliphatic heterocycles. The van der Waals surface area contributed by atoms with Crippen molar-refractivity contribution in [2.24, 2.45) is 0 Å². The third kappa shape index (κ3) is 5.14. The van der Waals surface area contributed by atoms with Gasteiger partial charge >= 0.3 is 0 Å². The molecule has 0 aliphatic carbocycles. The van der Waals surface area contributed by atoms with Crippen LogP contribution >= 0.6 is 11.8 Å². The van der Waals surface area contributed by atoms with E-state index in [1.54, 1.807) is 30.2 Å². The molecule has 0 radical (unpaired) electrons. The monoisotopic (exact) mass is 425 g/mol. The van der Waals surface area contributed by atoms with Crippen LogP contribution in [0.15, 0.2) is 52.2 Å². The van der Waals surface area contributed by atoms with Crippen molar-refractivity contribution >= 4 is 17.7 Å². The molecule has 1 saturated heterocycles. The van der Waals surface area contributed by atoms with E-state index < -0.39 is 0 Å². The van der Waals surface area contributed by atoms with Gasteiger partial charge in [0.25, 0.3) is 0 Å². The van der Waals surface area contributed by atoms with Gasteiger partial charge in [-0.1, -0.05) is 11.8 Å². The Morgan fingerprint density at radius 1 is 1.13 bits per heavy atom. The van der Waals surface area contributed by atoms with Crippen LogP contribution in [0.3, 0.4) is 0 Å². The van der Waals surface area contributed by atoms with Crippen molar-refractivity contribution in [1.29, 1.82) is 5.26 Å². The maximum absolute atomic E-state index is 8.85. The van der Waals surface area contributed by atoms with E-state index in [0.29, 0.717) is 31.9 Å². The summed E-state index contributed by atoms with van der Waals surface area (Å²) in [5.41, 5.74) is 0.630. The van der Waals surface area contributed by atoms with Crippen LogP contribution in [0.25, 0.3) is 0 Å². The molecule has 0 bridgehead atoms. The van der Waals surface area contributed by atoms with E-state index in [-0.39, 0.29) is 0 Å². The minimum absolute atomic E-state index is 0.594. The first kappa shape index (κ1) is 20.3. The molecule has 0 atom stereocenters. The molecule has 4 rings (SSSR count). The highest BCUT2D eigenvalue weighted by Crippen LogP contribution is 2.25. The lowest BCUT2D eigenvalue weighted by Gasteiger charge is -2.27. The molecule has 0 spiro atoms. The number of aromatic nitrogens is 3. The maximum Gasteiger partial charge on any atom is 0.228 e. The summed E-state index contributed by atoms with van der Waals surface area (Å²) in [6.45, 7) is 4.20. The Bertz CT molecular complexity index is 960. The number of hydrogen-bond acceptors (Lipinski definition) is 8. The van der Waals surface area contributed by atoms with Gasteiger partial charge in [0.05, 0.1) is 44.3 Å². The van der Waals surface area contributed by atoms with Gasteiger partial charge < -0.3 is 18.8 Å². The minimum Gasteiger partial charge on any atom is -0.494 e. The van der Waals surface area contributed by atoms with Crippen molar-refractivity contribution in [3.8, 4) is 11.8 Å². The first-order valence-corrected chi connectivity index (χ1v) is 10.9. The van der Waals surface area contributed by atoms with E-state index in [4.69, 9.17) is 19.2 Å². The maximum atomic E-state index is 8.85. The molecule has 9 heteroatoms. The van der Waals surface area contributed by atoms with Gasteiger partial charge in [-0.05, 0) is 42.8 Å². The smallest absolute Gasteiger partial charge is 0.228 e. The van der Waals surface area contributed by atoms with Crippen molar-refractivity contribution in [2.45, 2.75) is 18.1 Å². The lowest BCUT2D eigenvalue weighted by Crippen LogP contribution is -2.38. The largest absolute Gasteiger partial charge is 0.494 e. The predicted molar refractivity (Wildman–Crippen MR) is 113 cm³/mol. The molecule has 2 aromatic heterocycles. The summed E-state index contributed by atoms with van der Waals surface area (Å²) in [6, 6.07) is 13.1. The van der Waals surface area contributed by atoms with E-state index in [9.17, 15) is 0 Å². The van der Waals surface area contributed by atoms with Crippen LogP contribution in [-0.2, 0) is 11.3 Å². The Hall–Kier alpha value is -2.96. The van der Waals surface area contributed by atoms with Crippen molar-refractivity contribution in [3.63, 3.8) is 0 Å². The number of ether oxygens (including phenoxy) is 2. The van der Waals surface area contributed by atoms with E-state index in [1.807, 2.05) is 24.3 Å². The number of morpholine rings is 1. The fraction of sp³-hybridized carbons (Fsp3) is 0.381. The number of hydrogen-bond donors (Lipinski definition) is 0. The number of nitrogens with zero attached hydrogens (tertiary/aromatic N) is 5. The summed E-state index contributed by atoms with van der Waals surface area (Å²) in [5, 5.41) is 18.6. The molecule has 1 fully saturated rings. The molecular formula is C21H23N5O3S. The molecular weight excluding hydrogens is 402 g/mol. The highest BCUT2D eigenvalue weighted by molar-refractivity contribution is 7.99. The number of thioether (sulfide) groups is 1. The van der Waals surface area contributed by atoms with Gasteiger partial charge in [0.15, 0.2) is 5.16 Å². The van der Waals surface area contributed by atoms with Crippen LogP contribution in [0.2, 0.25) is 0 Å². The van der Waals surface area contributed by atoms with Crippen LogP contribution in [0.4, 0.5) is 5.95 Å². The van der Waals surface area contributed by atoms with Crippen LogP contribution < -0.4 is 9.64 Å². The van der Waals surface area contributed by atoms with E-state index in [1.165, 1.54) is 0 Å². The average molecular weight is 426 g/mol. The minimum atomic E-state index is 0.594. The third-order valence-electron chi connectivity index (χ3n) is 4.66. The zero-order valence-electron chi connectivity index (χ0n) is 16.6. The van der Waals surface area contributed by atoms with Crippen LogP contribution in [0.1, 0.15) is 17.7 Å². The number of rotatable bonds is 9. The van der Waals surface area contributed by atoms with Gasteiger partial charge in [-0.2, -0.15) is 5.26 Å². The van der Waals surface area contributed by atoms with E-state index >= 15 is 0 Å². The molecule has 1 aromatic carbocycles. The molecule has 0 unspecified atom stereocenters. The first-order chi connectivity index (χ1) is 14.8. The molecule has 1 aliphatic rings. The topological polar surface area (TPSA) is 89.3 Å². The standard InChI is InChI=1S/C21H23N5O3S/c22-15-17-4-6-18(7-5-17)28-11-2-14-30-21-24-23-20(25-8-12-27-13-9-25)26(21)16-19-3-1-10-29-19/h1,3-7,10H,2,8-9,11-14,16H2. The Morgan fingerprint density at radius 2 is 1.97 bits per heavy atom. The fourth-order valence-corrected chi connectivity index (χ4v) is 3.97. The summed E-state index contributed by atoms with van der Waals surface area (Å²) in [6.07, 6.45) is 2.55. The molecule has 156 valence electrons. The molecule has 0 N–H and O–H groups in total. The summed E-state index contributed by atoms with van der Waals surface area (Å²) in [4.78, 5) is 2.21. The number of furan rings is 1. The van der Waals surface area contributed by atoms with Gasteiger partial charge in [0, 0.05) is 18.8 Å². The Balaban J connectivity index is 1.34. The summed E-state index contributed by atoms with van der Waals surface area (Å²) >= 11 is 1.66. The second kappa shape index (κ2) is 10.2. The van der Waals surface area contributed by atoms with Crippen molar-refractivity contribution in [3.05, 3.63) is 54.0 Å². The summed E-state index contributed by atoms with van der Waals surface area (Å²) in [7, 11) is 0. The van der Waals surface area contributed by atoms with Gasteiger partial charge in [0.2, 0.25) is 5.95 Å². The van der Waals surface area contributed by atoms with Crippen molar-refractivity contribution in [2.75, 3.05) is 43.6 Å². The number of benzene rings is 1. The molecule has 8 nitrogen and oxygen atoms in total. The summed E-state index contributed by atoms with van der Waals surface area (Å²) in [5.74, 6) is 3.35. The van der Waals surface area contributed by atoms with Crippen molar-refractivity contribution in [1.82, 2.24) is 14.8 Å². The second-order valence-electron chi connectivity index (χ2n) is 6.73. The Morgan fingerprint density at radius 3 is 2.70 bits per heavy atom. The second-order valence-corrected chi connectivity index (χ2v) is 7.80. The molecule has 3 aromatic rings. The predicted octanol–water partition coefficient (Wildman–Crippen LogP) is 3.19. The van der Waals surface area contributed by atoms with Crippen LogP contribution in [-0.4, -0.2) is 53.4 Å². The number of anilines is 1. The van der Waals surface area contributed by atoms with E-state index in [0.717, 1.165) is 47.9 Å². The third-order valence-corrected chi connectivity index (χ3v) is 5.71. The van der Waals surface area contributed by atoms with Gasteiger partial charge in [-0.15, -0.1) is 10.2 Å². The highest BCUT2D eigenvalue weighted by atomic mass is 32.2. The zero-order chi connectivity index (χ0) is 20.6. The van der Waals surface area contributed by atoms with Gasteiger partial charge in [0.1, 0.15) is 11.5 Å². The molecule has 0 saturated carbocycles. The van der Waals surface area contributed by atoms with Gasteiger partial charge in [-0.3, -0.25) is 4.57 Å². The molecule has 0 amide bonds. The normalized spacial score (nSPS) is 13.9. The highest BCUT2D eigenvalue weighted by Gasteiger charge is 2.21. The fourth-order valence-electron chi connectivity index (χ4n) is 3.12. The van der Waals surface area contributed by atoms with Crippen molar-refractivity contribution < 1.29 is 13.9 Å². The summed E-state index contributed by atoms with van der Waals surface area (Å²) < 4.78 is 18.9. The molecule has 30 heavy (non-hydrogen) atoms. The molecule has 3 heterocycles. The average Bonchev–Trinajstić information content (AvgIpc) is 3.45. The van der Waals surface area contributed by atoms with Gasteiger partial charge in [-0.25, -0.2) is 0 Å². The Kier molecular flexibility index (Phi) is 6.90. The number of nitriles is 1. The Labute approximate surface area is 179 Å². The van der Waals surface area contributed by atoms with E-state index in [2.05, 4.69) is 25.7 Å². The van der Waals surface area contributed by atoms with Crippen LogP contribution in [0.5, 0.6) is 5.75 Å². The SMILES string of the molecule is N#Cc1ccc(OCCCSc2nnc(N3CCOCC3)n2Cc2ccco2)cc1. The van der Waals surface area contributed by atoms with Crippen LogP contribution in [0, 0.1) is 11.3 Å². The lowest BCUT2D eigenvalue weighted by atomic mass is 10.2. The zero-order valence-corrected chi connectivity index (χ0v) is 17.4. The quantitative estimate of drug-likeness (QED) is 0.381.